The highest BCUT2D eigenvalue weighted by atomic mass is 16.5. The van der Waals surface area contributed by atoms with E-state index < -0.39 is 0 Å². The number of nitrogens with one attached hydrogen (secondary N) is 1. The Morgan fingerprint density at radius 1 is 0.960 bits per heavy atom. The molecule has 1 aromatic heterocycles. The van der Waals surface area contributed by atoms with Crippen LogP contribution in [0, 0.1) is 6.92 Å². The highest BCUT2D eigenvalue weighted by Crippen LogP contribution is 2.29. The second kappa shape index (κ2) is 7.27. The van der Waals surface area contributed by atoms with Crippen molar-refractivity contribution in [2.45, 2.75) is 19.8 Å². The van der Waals surface area contributed by atoms with E-state index >= 15 is 0 Å². The molecular weight excluding hydrogens is 314 g/mol. The van der Waals surface area contributed by atoms with Gasteiger partial charge >= 0.3 is 0 Å². The van der Waals surface area contributed by atoms with Crippen molar-refractivity contribution in [3.63, 3.8) is 0 Å². The molecule has 2 aliphatic heterocycles. The number of aryl methyl sites for hydroxylation is 1. The van der Waals surface area contributed by atoms with Gasteiger partial charge in [0, 0.05) is 37.9 Å². The third-order valence-electron chi connectivity index (χ3n) is 4.77. The van der Waals surface area contributed by atoms with Gasteiger partial charge < -0.3 is 19.9 Å². The Kier molecular flexibility index (Phi) is 4.70. The SMILES string of the molecule is Cc1cc(N2CCCC2)nc(Nc2ccccc2N2CCOCC2)n1. The molecule has 0 saturated carbocycles. The van der Waals surface area contributed by atoms with Gasteiger partial charge in [-0.05, 0) is 31.9 Å². The molecule has 1 aromatic carbocycles. The lowest BCUT2D eigenvalue weighted by atomic mass is 10.2. The van der Waals surface area contributed by atoms with Crippen molar-refractivity contribution in [2.24, 2.45) is 0 Å². The first-order chi connectivity index (χ1) is 12.3. The minimum absolute atomic E-state index is 0.669. The third kappa shape index (κ3) is 3.69. The van der Waals surface area contributed by atoms with Crippen LogP contribution in [0.1, 0.15) is 18.5 Å². The Morgan fingerprint density at radius 2 is 1.72 bits per heavy atom. The molecule has 2 fully saturated rings. The number of morpholine rings is 1. The molecule has 0 amide bonds. The van der Waals surface area contributed by atoms with E-state index in [9.17, 15) is 0 Å². The zero-order valence-corrected chi connectivity index (χ0v) is 14.7. The second-order valence-corrected chi connectivity index (χ2v) is 6.63. The quantitative estimate of drug-likeness (QED) is 0.924. The summed E-state index contributed by atoms with van der Waals surface area (Å²) in [5, 5.41) is 3.44. The molecule has 0 aliphatic carbocycles. The summed E-state index contributed by atoms with van der Waals surface area (Å²) < 4.78 is 5.48. The predicted octanol–water partition coefficient (Wildman–Crippen LogP) is 2.97. The fourth-order valence-corrected chi connectivity index (χ4v) is 3.50. The van der Waals surface area contributed by atoms with Crippen LogP contribution in [0.15, 0.2) is 30.3 Å². The van der Waals surface area contributed by atoms with Crippen LogP contribution in [0.4, 0.5) is 23.1 Å². The van der Waals surface area contributed by atoms with Gasteiger partial charge in [-0.2, -0.15) is 4.98 Å². The molecule has 6 heteroatoms. The lowest BCUT2D eigenvalue weighted by Crippen LogP contribution is -2.36. The van der Waals surface area contributed by atoms with Gasteiger partial charge in [0.25, 0.3) is 0 Å². The van der Waals surface area contributed by atoms with E-state index in [4.69, 9.17) is 9.72 Å². The smallest absolute Gasteiger partial charge is 0.229 e. The molecule has 25 heavy (non-hydrogen) atoms. The summed E-state index contributed by atoms with van der Waals surface area (Å²) in [6, 6.07) is 10.4. The first-order valence-electron chi connectivity index (χ1n) is 9.09. The van der Waals surface area contributed by atoms with E-state index in [-0.39, 0.29) is 0 Å². The molecule has 2 aliphatic rings. The summed E-state index contributed by atoms with van der Waals surface area (Å²) in [5.74, 6) is 1.69. The van der Waals surface area contributed by atoms with E-state index in [2.05, 4.69) is 44.4 Å². The van der Waals surface area contributed by atoms with Crippen molar-refractivity contribution in [2.75, 3.05) is 54.5 Å². The molecule has 0 bridgehead atoms. The molecule has 1 N–H and O–H groups in total. The van der Waals surface area contributed by atoms with Crippen molar-refractivity contribution in [3.05, 3.63) is 36.0 Å². The molecule has 0 atom stereocenters. The molecular formula is C19H25N5O. The number of nitrogens with zero attached hydrogens (tertiary/aromatic N) is 4. The summed E-state index contributed by atoms with van der Waals surface area (Å²) in [6.07, 6.45) is 2.48. The van der Waals surface area contributed by atoms with Crippen molar-refractivity contribution >= 4 is 23.1 Å². The number of hydrogen-bond acceptors (Lipinski definition) is 6. The number of aromatic nitrogens is 2. The van der Waals surface area contributed by atoms with Crippen molar-refractivity contribution in [1.29, 1.82) is 0 Å². The molecule has 132 valence electrons. The summed E-state index contributed by atoms with van der Waals surface area (Å²) in [7, 11) is 0. The monoisotopic (exact) mass is 339 g/mol. The average molecular weight is 339 g/mol. The minimum atomic E-state index is 0.669. The largest absolute Gasteiger partial charge is 0.378 e. The van der Waals surface area contributed by atoms with Gasteiger partial charge in [0.1, 0.15) is 5.82 Å². The molecule has 6 nitrogen and oxygen atoms in total. The fraction of sp³-hybridized carbons (Fsp3) is 0.474. The van der Waals surface area contributed by atoms with E-state index in [0.717, 1.165) is 56.6 Å². The van der Waals surface area contributed by atoms with Gasteiger partial charge in [-0.1, -0.05) is 12.1 Å². The first kappa shape index (κ1) is 16.1. The maximum atomic E-state index is 5.48. The number of anilines is 4. The normalized spacial score (nSPS) is 17.8. The van der Waals surface area contributed by atoms with Crippen LogP contribution < -0.4 is 15.1 Å². The Bertz CT molecular complexity index is 724. The lowest BCUT2D eigenvalue weighted by Gasteiger charge is -2.30. The Labute approximate surface area is 148 Å². The van der Waals surface area contributed by atoms with Gasteiger partial charge in [0.2, 0.25) is 5.95 Å². The number of para-hydroxylation sites is 2. The maximum Gasteiger partial charge on any atom is 0.229 e. The molecule has 0 unspecified atom stereocenters. The summed E-state index contributed by atoms with van der Waals surface area (Å²) in [6.45, 7) is 7.56. The van der Waals surface area contributed by atoms with E-state index in [1.165, 1.54) is 18.5 Å². The van der Waals surface area contributed by atoms with Gasteiger partial charge in [-0.25, -0.2) is 4.98 Å². The van der Waals surface area contributed by atoms with Gasteiger partial charge in [-0.3, -0.25) is 0 Å². The maximum absolute atomic E-state index is 5.48. The first-order valence-corrected chi connectivity index (χ1v) is 9.09. The summed E-state index contributed by atoms with van der Waals surface area (Å²) in [4.78, 5) is 14.0. The minimum Gasteiger partial charge on any atom is -0.378 e. The van der Waals surface area contributed by atoms with Crippen LogP contribution in [0.3, 0.4) is 0 Å². The van der Waals surface area contributed by atoms with Gasteiger partial charge in [0.05, 0.1) is 24.6 Å². The lowest BCUT2D eigenvalue weighted by molar-refractivity contribution is 0.123. The van der Waals surface area contributed by atoms with Crippen molar-refractivity contribution in [3.8, 4) is 0 Å². The van der Waals surface area contributed by atoms with E-state index in [0.29, 0.717) is 5.95 Å². The molecule has 3 heterocycles. The van der Waals surface area contributed by atoms with Crippen molar-refractivity contribution < 1.29 is 4.74 Å². The van der Waals surface area contributed by atoms with Gasteiger partial charge in [-0.15, -0.1) is 0 Å². The summed E-state index contributed by atoms with van der Waals surface area (Å²) >= 11 is 0. The fourth-order valence-electron chi connectivity index (χ4n) is 3.50. The summed E-state index contributed by atoms with van der Waals surface area (Å²) in [5.41, 5.74) is 3.21. The van der Waals surface area contributed by atoms with Crippen LogP contribution in [-0.4, -0.2) is 49.4 Å². The van der Waals surface area contributed by atoms with Crippen LogP contribution >= 0.6 is 0 Å². The molecule has 2 aromatic rings. The van der Waals surface area contributed by atoms with Crippen LogP contribution in [-0.2, 0) is 4.74 Å². The zero-order chi connectivity index (χ0) is 17.1. The third-order valence-corrected chi connectivity index (χ3v) is 4.77. The number of rotatable bonds is 4. The highest BCUT2D eigenvalue weighted by Gasteiger charge is 2.17. The predicted molar refractivity (Wildman–Crippen MR) is 101 cm³/mol. The molecule has 0 spiro atoms. The van der Waals surface area contributed by atoms with Crippen LogP contribution in [0.25, 0.3) is 0 Å². The average Bonchev–Trinajstić information content (AvgIpc) is 3.17. The highest BCUT2D eigenvalue weighted by molar-refractivity contribution is 5.73. The Balaban J connectivity index is 1.59. The van der Waals surface area contributed by atoms with E-state index in [1.54, 1.807) is 0 Å². The molecule has 0 radical (unpaired) electrons. The topological polar surface area (TPSA) is 53.5 Å². The second-order valence-electron chi connectivity index (χ2n) is 6.63. The number of hydrogen-bond donors (Lipinski definition) is 1. The Hall–Kier alpha value is -2.34. The molecule has 4 rings (SSSR count). The van der Waals surface area contributed by atoms with Crippen LogP contribution in [0.2, 0.25) is 0 Å². The van der Waals surface area contributed by atoms with Gasteiger partial charge in [0.15, 0.2) is 0 Å². The number of benzene rings is 1. The Morgan fingerprint density at radius 3 is 2.52 bits per heavy atom. The standard InChI is InChI=1S/C19H25N5O/c1-15-14-18(24-8-4-5-9-24)22-19(20-15)21-16-6-2-3-7-17(16)23-10-12-25-13-11-23/h2-3,6-7,14H,4-5,8-13H2,1H3,(H,20,21,22). The number of ether oxygens (including phenoxy) is 1. The van der Waals surface area contributed by atoms with Crippen molar-refractivity contribution in [1.82, 2.24) is 9.97 Å². The van der Waals surface area contributed by atoms with Crippen LogP contribution in [0.5, 0.6) is 0 Å². The zero-order valence-electron chi connectivity index (χ0n) is 14.7. The molecule has 2 saturated heterocycles. The van der Waals surface area contributed by atoms with E-state index in [1.807, 2.05) is 13.0 Å².